The quantitative estimate of drug-likeness (QED) is 0.123. The van der Waals surface area contributed by atoms with Gasteiger partial charge in [0.25, 0.3) is 0 Å². The largest absolute Gasteiger partial charge is 0.406 e. The van der Waals surface area contributed by atoms with E-state index in [1.54, 1.807) is 0 Å². The molecule has 0 aliphatic heterocycles. The van der Waals surface area contributed by atoms with E-state index in [0.717, 1.165) is 31.6 Å². The Morgan fingerprint density at radius 3 is 1.69 bits per heavy atom. The maximum atomic E-state index is 10.00. The minimum absolute atomic E-state index is 0.192. The Labute approximate surface area is 220 Å². The molecule has 0 fully saturated rings. The second-order valence-electron chi connectivity index (χ2n) is 11.8. The van der Waals surface area contributed by atoms with E-state index in [4.69, 9.17) is 4.43 Å². The van der Waals surface area contributed by atoms with Crippen LogP contribution in [-0.4, -0.2) is 26.1 Å². The number of aliphatic hydroxyl groups is 1. The Morgan fingerprint density at radius 1 is 0.686 bits per heavy atom. The van der Waals surface area contributed by atoms with Crippen LogP contribution in [0.4, 0.5) is 0 Å². The normalized spacial score (nSPS) is 12.3. The van der Waals surface area contributed by atoms with E-state index in [9.17, 15) is 5.11 Å². The summed E-state index contributed by atoms with van der Waals surface area (Å²) in [5.41, 5.74) is 0. The van der Waals surface area contributed by atoms with Crippen molar-refractivity contribution in [2.45, 2.75) is 155 Å². The number of rotatable bonds is 17. The molecule has 0 radical (unpaired) electrons. The molecule has 3 heteroatoms. The van der Waals surface area contributed by atoms with Gasteiger partial charge in [-0.1, -0.05) is 104 Å². The minimum atomic E-state index is -1.74. The van der Waals surface area contributed by atoms with Crippen LogP contribution in [0.5, 0.6) is 0 Å². The maximum Gasteiger partial charge on any atom is 0.193 e. The summed E-state index contributed by atoms with van der Waals surface area (Å²) in [6, 6.07) is 0. The van der Waals surface area contributed by atoms with E-state index in [0.29, 0.717) is 6.61 Å². The lowest BCUT2D eigenvalue weighted by molar-refractivity contribution is 0.217. The van der Waals surface area contributed by atoms with Crippen molar-refractivity contribution in [1.29, 1.82) is 0 Å². The molecule has 0 spiro atoms. The third-order valence-corrected chi connectivity index (χ3v) is 11.4. The topological polar surface area (TPSA) is 29.5 Å². The van der Waals surface area contributed by atoms with E-state index in [-0.39, 0.29) is 5.04 Å². The third kappa shape index (κ3) is 21.8. The van der Waals surface area contributed by atoms with Gasteiger partial charge in [-0.15, -0.1) is 11.8 Å². The second-order valence-corrected chi connectivity index (χ2v) is 16.7. The molecule has 0 aromatic heterocycles. The van der Waals surface area contributed by atoms with E-state index < -0.39 is 14.4 Å². The molecule has 0 unspecified atom stereocenters. The van der Waals surface area contributed by atoms with Crippen molar-refractivity contribution in [3.05, 3.63) is 0 Å². The molecule has 0 aliphatic carbocycles. The first kappa shape index (κ1) is 33.8. The van der Waals surface area contributed by atoms with Crippen LogP contribution in [0.15, 0.2) is 0 Å². The molecule has 0 rings (SSSR count). The molecule has 0 amide bonds. The molecular weight excluding hydrogens is 444 g/mol. The van der Waals surface area contributed by atoms with Crippen molar-refractivity contribution in [1.82, 2.24) is 0 Å². The average Bonchev–Trinajstić information content (AvgIpc) is 2.77. The number of hydrogen-bond donors (Lipinski definition) is 1. The van der Waals surface area contributed by atoms with Crippen LogP contribution in [0.2, 0.25) is 18.1 Å². The van der Waals surface area contributed by atoms with E-state index in [2.05, 4.69) is 83.2 Å². The van der Waals surface area contributed by atoms with Crippen LogP contribution in [-0.2, 0) is 4.43 Å². The van der Waals surface area contributed by atoms with Crippen LogP contribution in [0.1, 0.15) is 131 Å². The Morgan fingerprint density at radius 2 is 1.17 bits per heavy atom. The fraction of sp³-hybridized carbons (Fsp3) is 0.812. The van der Waals surface area contributed by atoms with Gasteiger partial charge in [0.2, 0.25) is 0 Å². The summed E-state index contributed by atoms with van der Waals surface area (Å²) >= 11 is 0. The first-order chi connectivity index (χ1) is 16.6. The molecule has 2 nitrogen and oxygen atoms in total. The predicted molar refractivity (Wildman–Crippen MR) is 157 cm³/mol. The van der Waals surface area contributed by atoms with Crippen molar-refractivity contribution >= 4 is 8.32 Å². The van der Waals surface area contributed by atoms with Crippen molar-refractivity contribution in [3.8, 4) is 35.5 Å². The molecule has 0 saturated carbocycles. The average molecular weight is 501 g/mol. The van der Waals surface area contributed by atoms with Gasteiger partial charge in [0.15, 0.2) is 8.32 Å². The molecule has 0 aromatic carbocycles. The number of unbranched alkanes of at least 4 members (excludes halogenated alkanes) is 11. The van der Waals surface area contributed by atoms with E-state index >= 15 is 0 Å². The molecule has 0 aromatic rings. The van der Waals surface area contributed by atoms with Gasteiger partial charge in [-0.25, -0.2) is 0 Å². The third-order valence-electron chi connectivity index (χ3n) is 6.94. The minimum Gasteiger partial charge on any atom is -0.406 e. The Bertz CT molecular complexity index is 698. The monoisotopic (exact) mass is 500 g/mol. The Hall–Kier alpha value is -1.18. The fourth-order valence-corrected chi connectivity index (χ4v) is 4.30. The van der Waals surface area contributed by atoms with Gasteiger partial charge in [-0.3, -0.25) is 0 Å². The van der Waals surface area contributed by atoms with Gasteiger partial charge in [0, 0.05) is 12.8 Å². The molecule has 1 N–H and O–H groups in total. The van der Waals surface area contributed by atoms with Gasteiger partial charge in [0.1, 0.15) is 6.10 Å². The lowest BCUT2D eigenvalue weighted by Crippen LogP contribution is -2.40. The second kappa shape index (κ2) is 21.0. The fourth-order valence-electron chi connectivity index (χ4n) is 3.44. The zero-order valence-electron chi connectivity index (χ0n) is 24.3. The van der Waals surface area contributed by atoms with Crippen LogP contribution in [0, 0.1) is 41.4 Å². The summed E-state index contributed by atoms with van der Waals surface area (Å²) in [6.45, 7) is 16.1. The summed E-state index contributed by atoms with van der Waals surface area (Å²) in [7, 11) is -1.74. The van der Waals surface area contributed by atoms with Crippen molar-refractivity contribution < 1.29 is 9.53 Å². The summed E-state index contributed by atoms with van der Waals surface area (Å²) in [4.78, 5) is 0. The standard InChI is InChI=1S/C32H56O2Si/c1-30(2)26-22-19-17-15-13-11-9-8-10-12-14-16-18-20-23-27-31(33)28-24-21-25-29-34-35(6,7)32(3,4)5/h30-31,33H,8,10,12-20,22-23,26-27,29H2,1-7H3/t31-/m1/s1. The molecule has 0 bridgehead atoms. The molecule has 200 valence electrons. The van der Waals surface area contributed by atoms with E-state index in [1.807, 2.05) is 0 Å². The summed E-state index contributed by atoms with van der Waals surface area (Å²) in [5.74, 6) is 19.0. The first-order valence-electron chi connectivity index (χ1n) is 14.3. The molecule has 35 heavy (non-hydrogen) atoms. The zero-order chi connectivity index (χ0) is 26.4. The highest BCUT2D eigenvalue weighted by molar-refractivity contribution is 6.74. The summed E-state index contributed by atoms with van der Waals surface area (Å²) in [6.07, 6.45) is 17.6. The summed E-state index contributed by atoms with van der Waals surface area (Å²) in [5, 5.41) is 10.2. The highest BCUT2D eigenvalue weighted by Gasteiger charge is 2.36. The Kier molecular flexibility index (Phi) is 20.2. The summed E-state index contributed by atoms with van der Waals surface area (Å²) < 4.78 is 6.00. The predicted octanol–water partition coefficient (Wildman–Crippen LogP) is 8.89. The lowest BCUT2D eigenvalue weighted by Gasteiger charge is -2.35. The molecule has 0 heterocycles. The zero-order valence-corrected chi connectivity index (χ0v) is 25.3. The van der Waals surface area contributed by atoms with Crippen LogP contribution < -0.4 is 0 Å². The van der Waals surface area contributed by atoms with Gasteiger partial charge in [-0.05, 0) is 61.6 Å². The van der Waals surface area contributed by atoms with Gasteiger partial charge in [-0.2, -0.15) is 0 Å². The molecule has 1 atom stereocenters. The molecule has 0 aliphatic rings. The maximum absolute atomic E-state index is 10.00. The van der Waals surface area contributed by atoms with Crippen LogP contribution in [0.25, 0.3) is 0 Å². The molecular formula is C32H56O2Si. The van der Waals surface area contributed by atoms with Gasteiger partial charge in [0.05, 0.1) is 6.61 Å². The number of hydrogen-bond acceptors (Lipinski definition) is 2. The van der Waals surface area contributed by atoms with E-state index in [1.165, 1.54) is 70.6 Å². The van der Waals surface area contributed by atoms with Gasteiger partial charge >= 0.3 is 0 Å². The highest BCUT2D eigenvalue weighted by atomic mass is 28.4. The van der Waals surface area contributed by atoms with Crippen molar-refractivity contribution in [2.75, 3.05) is 6.61 Å². The lowest BCUT2D eigenvalue weighted by atomic mass is 10.0. The smallest absolute Gasteiger partial charge is 0.193 e. The van der Waals surface area contributed by atoms with Crippen molar-refractivity contribution in [3.63, 3.8) is 0 Å². The van der Waals surface area contributed by atoms with Crippen molar-refractivity contribution in [2.24, 2.45) is 5.92 Å². The Balaban J connectivity index is 3.58. The SMILES string of the molecule is CC(C)CCCCCCC#CCCCCCCCCC[C@@H](O)C#CC#CCO[Si](C)(C)C(C)(C)C. The van der Waals surface area contributed by atoms with Crippen LogP contribution in [0.3, 0.4) is 0 Å². The first-order valence-corrected chi connectivity index (χ1v) is 17.2. The van der Waals surface area contributed by atoms with Gasteiger partial charge < -0.3 is 9.53 Å². The number of aliphatic hydroxyl groups excluding tert-OH is 1. The molecule has 0 saturated heterocycles. The van der Waals surface area contributed by atoms with Crippen LogP contribution >= 0.6 is 0 Å². The highest BCUT2D eigenvalue weighted by Crippen LogP contribution is 2.36.